The second-order valence-corrected chi connectivity index (χ2v) is 5.14. The maximum atomic E-state index is 11.6. The molecule has 0 heterocycles. The molecule has 0 aromatic heterocycles. The summed E-state index contributed by atoms with van der Waals surface area (Å²) in [7, 11) is 1.61. The number of hydrogen-bond donors (Lipinski definition) is 0. The molecule has 0 rings (SSSR count). The molecule has 3 atom stereocenters. The molecule has 0 radical (unpaired) electrons. The van der Waals surface area contributed by atoms with Gasteiger partial charge in [0, 0.05) is 13.5 Å². The van der Waals surface area contributed by atoms with Crippen LogP contribution in [0.15, 0.2) is 0 Å². The van der Waals surface area contributed by atoms with Crippen LogP contribution in [0.3, 0.4) is 0 Å². The molecule has 0 aromatic carbocycles. The Kier molecular flexibility index (Phi) is 10.1. The quantitative estimate of drug-likeness (QED) is 0.578. The summed E-state index contributed by atoms with van der Waals surface area (Å²) in [6.45, 7) is 8.17. The molecule has 0 aliphatic rings. The zero-order valence-electron chi connectivity index (χ0n) is 13.3. The van der Waals surface area contributed by atoms with Crippen LogP contribution in [0.4, 0.5) is 0 Å². The summed E-state index contributed by atoms with van der Waals surface area (Å²) in [6, 6.07) is 0. The van der Waals surface area contributed by atoms with Gasteiger partial charge in [-0.25, -0.2) is 0 Å². The van der Waals surface area contributed by atoms with Gasteiger partial charge in [-0.1, -0.05) is 20.3 Å². The number of esters is 2. The molecule has 118 valence electrons. The van der Waals surface area contributed by atoms with Crippen molar-refractivity contribution in [2.45, 2.75) is 65.6 Å². The number of carbonyl (C=O) groups excluding carboxylic acids is 2. The van der Waals surface area contributed by atoms with Gasteiger partial charge in [-0.3, -0.25) is 9.59 Å². The van der Waals surface area contributed by atoms with Gasteiger partial charge in [-0.05, 0) is 19.8 Å². The first-order valence-electron chi connectivity index (χ1n) is 7.28. The van der Waals surface area contributed by atoms with Crippen LogP contribution in [0.5, 0.6) is 0 Å². The number of rotatable bonds is 10. The summed E-state index contributed by atoms with van der Waals surface area (Å²) in [5.74, 6) is -0.400. The number of carbonyl (C=O) groups is 2. The normalized spacial score (nSPS) is 15.2. The van der Waals surface area contributed by atoms with Gasteiger partial charge in [0.2, 0.25) is 0 Å². The molecule has 20 heavy (non-hydrogen) atoms. The van der Waals surface area contributed by atoms with E-state index in [0.717, 1.165) is 6.42 Å². The summed E-state index contributed by atoms with van der Waals surface area (Å²) < 4.78 is 15.3. The van der Waals surface area contributed by atoms with Crippen LogP contribution < -0.4 is 0 Å². The Hall–Kier alpha value is -1.10. The largest absolute Gasteiger partial charge is 0.466 e. The average Bonchev–Trinajstić information content (AvgIpc) is 2.43. The highest BCUT2D eigenvalue weighted by molar-refractivity contribution is 5.77. The molecule has 0 aromatic rings. The molecule has 0 aliphatic heterocycles. The fourth-order valence-electron chi connectivity index (χ4n) is 1.45. The molecule has 0 fully saturated rings. The van der Waals surface area contributed by atoms with E-state index in [2.05, 4.69) is 0 Å². The third kappa shape index (κ3) is 8.91. The van der Waals surface area contributed by atoms with Gasteiger partial charge >= 0.3 is 11.9 Å². The van der Waals surface area contributed by atoms with Crippen LogP contribution in [0.1, 0.15) is 53.4 Å². The highest BCUT2D eigenvalue weighted by Gasteiger charge is 2.16. The van der Waals surface area contributed by atoms with E-state index in [4.69, 9.17) is 14.2 Å². The predicted octanol–water partition coefficient (Wildman–Crippen LogP) is 2.71. The zero-order chi connectivity index (χ0) is 15.5. The Bertz CT molecular complexity index is 290. The van der Waals surface area contributed by atoms with Crippen LogP contribution >= 0.6 is 0 Å². The van der Waals surface area contributed by atoms with Crippen molar-refractivity contribution in [3.63, 3.8) is 0 Å². The molecule has 0 aliphatic carbocycles. The Morgan fingerprint density at radius 1 is 1.05 bits per heavy atom. The van der Waals surface area contributed by atoms with E-state index < -0.39 is 0 Å². The Labute approximate surface area is 122 Å². The minimum absolute atomic E-state index is 0.0594. The van der Waals surface area contributed by atoms with Crippen molar-refractivity contribution >= 4 is 11.9 Å². The van der Waals surface area contributed by atoms with Crippen molar-refractivity contribution < 1.29 is 23.8 Å². The number of hydrogen-bond acceptors (Lipinski definition) is 5. The molecule has 0 bridgehead atoms. The van der Waals surface area contributed by atoms with Crippen molar-refractivity contribution in [1.82, 2.24) is 0 Å². The Morgan fingerprint density at radius 3 is 2.20 bits per heavy atom. The van der Waals surface area contributed by atoms with Crippen LogP contribution in [-0.2, 0) is 23.8 Å². The lowest BCUT2D eigenvalue weighted by molar-refractivity contribution is -0.155. The summed E-state index contributed by atoms with van der Waals surface area (Å²) in [6.07, 6.45) is 1.67. The highest BCUT2D eigenvalue weighted by Crippen LogP contribution is 2.12. The van der Waals surface area contributed by atoms with Gasteiger partial charge in [0.25, 0.3) is 0 Å². The SMILES string of the molecule is CCC(C)C(C)OC(=O)CCC(=O)OCCC(C)OC. The fourth-order valence-corrected chi connectivity index (χ4v) is 1.45. The first-order valence-corrected chi connectivity index (χ1v) is 7.28. The lowest BCUT2D eigenvalue weighted by Gasteiger charge is -2.18. The first kappa shape index (κ1) is 18.9. The van der Waals surface area contributed by atoms with Crippen LogP contribution in [0, 0.1) is 5.92 Å². The van der Waals surface area contributed by atoms with E-state index in [0.29, 0.717) is 18.9 Å². The minimum Gasteiger partial charge on any atom is -0.466 e. The summed E-state index contributed by atoms with van der Waals surface area (Å²) in [4.78, 5) is 23.0. The molecule has 3 unspecified atom stereocenters. The van der Waals surface area contributed by atoms with Gasteiger partial charge in [-0.15, -0.1) is 0 Å². The molecule has 0 amide bonds. The smallest absolute Gasteiger partial charge is 0.306 e. The van der Waals surface area contributed by atoms with E-state index in [-0.39, 0.29) is 37.0 Å². The fraction of sp³-hybridized carbons (Fsp3) is 0.867. The van der Waals surface area contributed by atoms with Gasteiger partial charge in [-0.2, -0.15) is 0 Å². The number of methoxy groups -OCH3 is 1. The topological polar surface area (TPSA) is 61.8 Å². The van der Waals surface area contributed by atoms with Crippen molar-refractivity contribution in [2.75, 3.05) is 13.7 Å². The standard InChI is InChI=1S/C15H28O5/c1-6-11(2)13(4)20-15(17)8-7-14(16)19-10-9-12(3)18-5/h11-13H,6-10H2,1-5H3. The summed E-state index contributed by atoms with van der Waals surface area (Å²) >= 11 is 0. The third-order valence-electron chi connectivity index (χ3n) is 3.49. The maximum absolute atomic E-state index is 11.6. The lowest BCUT2D eigenvalue weighted by atomic mass is 10.0. The average molecular weight is 288 g/mol. The molecular weight excluding hydrogens is 260 g/mol. The van der Waals surface area contributed by atoms with Crippen molar-refractivity contribution in [3.8, 4) is 0 Å². The molecule has 0 saturated carbocycles. The van der Waals surface area contributed by atoms with E-state index in [9.17, 15) is 9.59 Å². The first-order chi connectivity index (χ1) is 9.40. The Morgan fingerprint density at radius 2 is 1.65 bits per heavy atom. The van der Waals surface area contributed by atoms with Crippen molar-refractivity contribution in [1.29, 1.82) is 0 Å². The van der Waals surface area contributed by atoms with E-state index in [1.807, 2.05) is 27.7 Å². The molecule has 0 N–H and O–H groups in total. The highest BCUT2D eigenvalue weighted by atomic mass is 16.5. The van der Waals surface area contributed by atoms with E-state index >= 15 is 0 Å². The van der Waals surface area contributed by atoms with Gasteiger partial charge in [0.15, 0.2) is 0 Å². The summed E-state index contributed by atoms with van der Waals surface area (Å²) in [5, 5.41) is 0. The van der Waals surface area contributed by atoms with Crippen LogP contribution in [0.2, 0.25) is 0 Å². The molecule has 0 saturated heterocycles. The van der Waals surface area contributed by atoms with Crippen molar-refractivity contribution in [2.24, 2.45) is 5.92 Å². The second-order valence-electron chi connectivity index (χ2n) is 5.14. The lowest BCUT2D eigenvalue weighted by Crippen LogP contribution is -2.22. The number of ether oxygens (including phenoxy) is 3. The van der Waals surface area contributed by atoms with Gasteiger partial charge in [0.1, 0.15) is 6.10 Å². The van der Waals surface area contributed by atoms with Gasteiger partial charge in [0.05, 0.1) is 25.6 Å². The minimum atomic E-state index is -0.374. The summed E-state index contributed by atoms with van der Waals surface area (Å²) in [5.41, 5.74) is 0. The van der Waals surface area contributed by atoms with Crippen LogP contribution in [0.25, 0.3) is 0 Å². The van der Waals surface area contributed by atoms with Crippen LogP contribution in [-0.4, -0.2) is 37.9 Å². The predicted molar refractivity (Wildman–Crippen MR) is 76.3 cm³/mol. The van der Waals surface area contributed by atoms with E-state index in [1.165, 1.54) is 0 Å². The zero-order valence-corrected chi connectivity index (χ0v) is 13.3. The third-order valence-corrected chi connectivity index (χ3v) is 3.49. The monoisotopic (exact) mass is 288 g/mol. The van der Waals surface area contributed by atoms with E-state index in [1.54, 1.807) is 7.11 Å². The van der Waals surface area contributed by atoms with Gasteiger partial charge < -0.3 is 14.2 Å². The second kappa shape index (κ2) is 10.7. The Balaban J connectivity index is 3.76. The maximum Gasteiger partial charge on any atom is 0.306 e. The molecule has 5 nitrogen and oxygen atoms in total. The molecular formula is C15H28O5. The molecule has 0 spiro atoms. The molecule has 5 heteroatoms. The van der Waals surface area contributed by atoms with Crippen molar-refractivity contribution in [3.05, 3.63) is 0 Å².